The van der Waals surface area contributed by atoms with Crippen LogP contribution in [-0.2, 0) is 4.79 Å². The molecule has 0 saturated heterocycles. The van der Waals surface area contributed by atoms with Gasteiger partial charge in [-0.25, -0.2) is 9.78 Å². The van der Waals surface area contributed by atoms with Crippen LogP contribution >= 0.6 is 0 Å². The largest absolute Gasteiger partial charge is 0.478 e. The summed E-state index contributed by atoms with van der Waals surface area (Å²) in [5, 5.41) is 8.77. The number of aryl methyl sites for hydroxylation is 2. The van der Waals surface area contributed by atoms with Crippen molar-refractivity contribution in [1.29, 1.82) is 0 Å². The number of pyridine rings is 1. The summed E-state index contributed by atoms with van der Waals surface area (Å²) in [5.74, 6) is -0.251. The number of carboxylic acids is 1. The van der Waals surface area contributed by atoms with Gasteiger partial charge in [0.1, 0.15) is 5.82 Å². The Morgan fingerprint density at radius 3 is 2.52 bits per heavy atom. The third-order valence-electron chi connectivity index (χ3n) is 3.13. The van der Waals surface area contributed by atoms with Crippen LogP contribution in [-0.4, -0.2) is 23.1 Å². The van der Waals surface area contributed by atoms with E-state index in [9.17, 15) is 4.79 Å². The molecule has 4 heteroatoms. The first-order chi connectivity index (χ1) is 9.97. The predicted molar refractivity (Wildman–Crippen MR) is 84.9 cm³/mol. The summed E-state index contributed by atoms with van der Waals surface area (Å²) in [6, 6.07) is 9.90. The summed E-state index contributed by atoms with van der Waals surface area (Å²) in [5.41, 5.74) is 4.14. The van der Waals surface area contributed by atoms with Gasteiger partial charge in [-0.3, -0.25) is 0 Å². The van der Waals surface area contributed by atoms with Crippen LogP contribution in [0.1, 0.15) is 16.7 Å². The van der Waals surface area contributed by atoms with Gasteiger partial charge in [0.15, 0.2) is 0 Å². The van der Waals surface area contributed by atoms with E-state index < -0.39 is 5.97 Å². The zero-order valence-electron chi connectivity index (χ0n) is 12.4. The Balaban J connectivity index is 2.43. The zero-order valence-corrected chi connectivity index (χ0v) is 12.4. The van der Waals surface area contributed by atoms with Crippen molar-refractivity contribution in [2.24, 2.45) is 0 Å². The van der Waals surface area contributed by atoms with Crippen molar-refractivity contribution in [3.63, 3.8) is 0 Å². The molecule has 2 rings (SSSR count). The molecule has 0 amide bonds. The number of aromatic nitrogens is 1. The third kappa shape index (κ3) is 3.69. The Bertz CT molecular complexity index is 673. The fraction of sp³-hybridized carbons (Fsp3) is 0.176. The van der Waals surface area contributed by atoms with E-state index in [0.717, 1.165) is 23.1 Å². The van der Waals surface area contributed by atoms with Crippen molar-refractivity contribution in [1.82, 2.24) is 4.98 Å². The van der Waals surface area contributed by atoms with Gasteiger partial charge in [-0.1, -0.05) is 6.07 Å². The summed E-state index contributed by atoms with van der Waals surface area (Å²) in [6.45, 7) is 4.10. The van der Waals surface area contributed by atoms with Crippen LogP contribution in [0, 0.1) is 13.8 Å². The Labute approximate surface area is 124 Å². The molecular weight excluding hydrogens is 264 g/mol. The zero-order chi connectivity index (χ0) is 15.4. The highest BCUT2D eigenvalue weighted by molar-refractivity contribution is 5.87. The summed E-state index contributed by atoms with van der Waals surface area (Å²) < 4.78 is 0. The summed E-state index contributed by atoms with van der Waals surface area (Å²) in [4.78, 5) is 17.0. The average molecular weight is 282 g/mol. The van der Waals surface area contributed by atoms with Crippen LogP contribution in [0.5, 0.6) is 0 Å². The molecule has 0 spiro atoms. The first-order valence-electron chi connectivity index (χ1n) is 6.65. The van der Waals surface area contributed by atoms with E-state index in [1.807, 2.05) is 31.9 Å². The second-order valence-corrected chi connectivity index (χ2v) is 4.99. The highest BCUT2D eigenvalue weighted by atomic mass is 16.4. The van der Waals surface area contributed by atoms with Crippen molar-refractivity contribution in [3.8, 4) is 0 Å². The minimum absolute atomic E-state index is 0.722. The maximum atomic E-state index is 10.7. The Morgan fingerprint density at radius 2 is 1.90 bits per heavy atom. The molecule has 2 aromatic rings. The van der Waals surface area contributed by atoms with Crippen molar-refractivity contribution in [3.05, 3.63) is 59.3 Å². The standard InChI is InChI=1S/C17H18N2O2/c1-12-9-13(2)11-15(10-12)19(3)17-14(5-4-8-18-17)6-7-16(20)21/h4-11H,1-3H3,(H,20,21)/b7-6+. The second-order valence-electron chi connectivity index (χ2n) is 4.99. The molecule has 0 fully saturated rings. The molecule has 1 N–H and O–H groups in total. The smallest absolute Gasteiger partial charge is 0.328 e. The van der Waals surface area contributed by atoms with E-state index in [1.54, 1.807) is 18.3 Å². The van der Waals surface area contributed by atoms with Gasteiger partial charge >= 0.3 is 5.97 Å². The minimum atomic E-state index is -0.973. The molecule has 21 heavy (non-hydrogen) atoms. The molecule has 0 atom stereocenters. The van der Waals surface area contributed by atoms with Gasteiger partial charge in [-0.15, -0.1) is 0 Å². The van der Waals surface area contributed by atoms with Crippen LogP contribution in [0.4, 0.5) is 11.5 Å². The number of hydrogen-bond acceptors (Lipinski definition) is 3. The molecule has 108 valence electrons. The average Bonchev–Trinajstić information content (AvgIpc) is 2.43. The quantitative estimate of drug-likeness (QED) is 0.871. The van der Waals surface area contributed by atoms with Crippen molar-refractivity contribution in [2.75, 3.05) is 11.9 Å². The first-order valence-corrected chi connectivity index (χ1v) is 6.65. The van der Waals surface area contributed by atoms with Gasteiger partial charge in [0, 0.05) is 30.6 Å². The lowest BCUT2D eigenvalue weighted by atomic mass is 10.1. The fourth-order valence-electron chi connectivity index (χ4n) is 2.25. The van der Waals surface area contributed by atoms with Gasteiger partial charge < -0.3 is 10.0 Å². The van der Waals surface area contributed by atoms with E-state index in [1.165, 1.54) is 11.1 Å². The van der Waals surface area contributed by atoms with Gasteiger partial charge in [-0.2, -0.15) is 0 Å². The van der Waals surface area contributed by atoms with Gasteiger partial charge in [0.05, 0.1) is 0 Å². The number of carbonyl (C=O) groups is 1. The molecule has 4 nitrogen and oxygen atoms in total. The van der Waals surface area contributed by atoms with E-state index in [-0.39, 0.29) is 0 Å². The molecule has 0 radical (unpaired) electrons. The van der Waals surface area contributed by atoms with E-state index in [0.29, 0.717) is 0 Å². The van der Waals surface area contributed by atoms with Crippen molar-refractivity contribution in [2.45, 2.75) is 13.8 Å². The molecule has 0 bridgehead atoms. The predicted octanol–water partition coefficient (Wildman–Crippen LogP) is 3.56. The molecule has 0 unspecified atom stereocenters. The summed E-state index contributed by atoms with van der Waals surface area (Å²) in [7, 11) is 1.93. The SMILES string of the molecule is Cc1cc(C)cc(N(C)c2ncccc2/C=C/C(=O)O)c1. The second kappa shape index (κ2) is 6.22. The lowest BCUT2D eigenvalue weighted by Gasteiger charge is -2.21. The van der Waals surface area contributed by atoms with Crippen LogP contribution in [0.2, 0.25) is 0 Å². The normalized spacial score (nSPS) is 10.8. The number of hydrogen-bond donors (Lipinski definition) is 1. The maximum absolute atomic E-state index is 10.7. The molecule has 0 aliphatic carbocycles. The molecule has 0 aliphatic heterocycles. The highest BCUT2D eigenvalue weighted by Crippen LogP contribution is 2.27. The van der Waals surface area contributed by atoms with Crippen molar-refractivity contribution < 1.29 is 9.90 Å². The Kier molecular flexibility index (Phi) is 4.38. The molecule has 1 heterocycles. The number of rotatable bonds is 4. The molecular formula is C17H18N2O2. The fourth-order valence-corrected chi connectivity index (χ4v) is 2.25. The number of benzene rings is 1. The number of carboxylic acid groups (broad SMARTS) is 1. The van der Waals surface area contributed by atoms with Gasteiger partial charge in [0.2, 0.25) is 0 Å². The molecule has 1 aromatic carbocycles. The van der Waals surface area contributed by atoms with Gasteiger partial charge in [-0.05, 0) is 55.3 Å². The Morgan fingerprint density at radius 1 is 1.24 bits per heavy atom. The lowest BCUT2D eigenvalue weighted by molar-refractivity contribution is -0.131. The summed E-state index contributed by atoms with van der Waals surface area (Å²) in [6.07, 6.45) is 4.38. The molecule has 0 aliphatic rings. The summed E-state index contributed by atoms with van der Waals surface area (Å²) >= 11 is 0. The maximum Gasteiger partial charge on any atom is 0.328 e. The lowest BCUT2D eigenvalue weighted by Crippen LogP contribution is -2.13. The molecule has 1 aromatic heterocycles. The van der Waals surface area contributed by atoms with Crippen LogP contribution in [0.3, 0.4) is 0 Å². The minimum Gasteiger partial charge on any atom is -0.478 e. The molecule has 0 saturated carbocycles. The monoisotopic (exact) mass is 282 g/mol. The number of anilines is 2. The number of nitrogens with zero attached hydrogens (tertiary/aromatic N) is 2. The van der Waals surface area contributed by atoms with Crippen molar-refractivity contribution >= 4 is 23.6 Å². The number of aliphatic carboxylic acids is 1. The Hall–Kier alpha value is -2.62. The third-order valence-corrected chi connectivity index (χ3v) is 3.13. The topological polar surface area (TPSA) is 53.4 Å². The van der Waals surface area contributed by atoms with E-state index in [2.05, 4.69) is 23.2 Å². The van der Waals surface area contributed by atoms with E-state index >= 15 is 0 Å². The first kappa shape index (κ1) is 14.8. The van der Waals surface area contributed by atoms with E-state index in [4.69, 9.17) is 5.11 Å². The van der Waals surface area contributed by atoms with Crippen LogP contribution in [0.25, 0.3) is 6.08 Å². The highest BCUT2D eigenvalue weighted by Gasteiger charge is 2.10. The van der Waals surface area contributed by atoms with Gasteiger partial charge in [0.25, 0.3) is 0 Å². The van der Waals surface area contributed by atoms with Crippen LogP contribution < -0.4 is 4.90 Å². The van der Waals surface area contributed by atoms with Crippen LogP contribution in [0.15, 0.2) is 42.6 Å².